The van der Waals surface area contributed by atoms with Gasteiger partial charge >= 0.3 is 6.09 Å². The van der Waals surface area contributed by atoms with E-state index in [1.54, 1.807) is 4.90 Å². The molecule has 5 nitrogen and oxygen atoms in total. The summed E-state index contributed by atoms with van der Waals surface area (Å²) in [5, 5.41) is 4.64. The van der Waals surface area contributed by atoms with Gasteiger partial charge in [0.25, 0.3) is 0 Å². The van der Waals surface area contributed by atoms with Crippen LogP contribution < -0.4 is 5.32 Å². The lowest BCUT2D eigenvalue weighted by molar-refractivity contribution is 0.0964. The number of aliphatic imine (C=N–C) groups is 1. The van der Waals surface area contributed by atoms with Gasteiger partial charge in [-0.3, -0.25) is 4.99 Å². The molecular formula is C15H27N3O2S. The lowest BCUT2D eigenvalue weighted by atomic mass is 10.1. The Morgan fingerprint density at radius 1 is 1.48 bits per heavy atom. The largest absolute Gasteiger partial charge is 0.450 e. The zero-order valence-corrected chi connectivity index (χ0v) is 14.1. The number of nitrogens with one attached hydrogen (secondary N) is 1. The van der Waals surface area contributed by atoms with Crippen molar-refractivity contribution >= 4 is 23.0 Å². The van der Waals surface area contributed by atoms with Crippen molar-refractivity contribution in [2.24, 2.45) is 10.9 Å². The highest BCUT2D eigenvalue weighted by Crippen LogP contribution is 2.23. The van der Waals surface area contributed by atoms with Gasteiger partial charge in [0.1, 0.15) is 0 Å². The number of carbonyl (C=O) groups is 1. The molecule has 1 N–H and O–H groups in total. The molecular weight excluding hydrogens is 286 g/mol. The zero-order chi connectivity index (χ0) is 15.2. The fourth-order valence-electron chi connectivity index (χ4n) is 2.76. The van der Waals surface area contributed by atoms with Crippen molar-refractivity contribution < 1.29 is 9.53 Å². The fraction of sp³-hybridized carbons (Fsp3) is 0.867. The Morgan fingerprint density at radius 2 is 2.19 bits per heavy atom. The van der Waals surface area contributed by atoms with E-state index in [0.717, 1.165) is 36.9 Å². The number of likely N-dealkylation sites (tertiary alicyclic amines) is 1. The minimum atomic E-state index is -0.180. The molecule has 0 aromatic heterocycles. The number of piperidine rings is 1. The molecule has 21 heavy (non-hydrogen) atoms. The lowest BCUT2D eigenvalue weighted by Gasteiger charge is -2.31. The number of amides is 1. The van der Waals surface area contributed by atoms with Crippen molar-refractivity contribution in [1.29, 1.82) is 0 Å². The van der Waals surface area contributed by atoms with Crippen molar-refractivity contribution in [2.45, 2.75) is 52.1 Å². The van der Waals surface area contributed by atoms with E-state index in [9.17, 15) is 4.79 Å². The van der Waals surface area contributed by atoms with E-state index in [-0.39, 0.29) is 6.09 Å². The second-order valence-corrected chi connectivity index (χ2v) is 7.14. The van der Waals surface area contributed by atoms with Crippen LogP contribution in [0.5, 0.6) is 0 Å². The van der Waals surface area contributed by atoms with E-state index < -0.39 is 0 Å². The molecule has 2 aliphatic rings. The molecule has 2 rings (SSSR count). The van der Waals surface area contributed by atoms with Crippen LogP contribution in [0, 0.1) is 5.92 Å². The van der Waals surface area contributed by atoms with Gasteiger partial charge in [-0.1, -0.05) is 25.6 Å². The molecule has 1 saturated heterocycles. The summed E-state index contributed by atoms with van der Waals surface area (Å²) in [5.74, 6) is 1.80. The van der Waals surface area contributed by atoms with E-state index >= 15 is 0 Å². The molecule has 0 radical (unpaired) electrons. The molecule has 0 aromatic rings. The Morgan fingerprint density at radius 3 is 2.81 bits per heavy atom. The summed E-state index contributed by atoms with van der Waals surface area (Å²) in [6.07, 6.45) is 2.92. The minimum Gasteiger partial charge on any atom is -0.450 e. The number of rotatable bonds is 4. The topological polar surface area (TPSA) is 53.9 Å². The highest BCUT2D eigenvalue weighted by molar-refractivity contribution is 8.14. The Hall–Kier alpha value is -0.910. The molecule has 0 aliphatic carbocycles. The third-order valence-corrected chi connectivity index (χ3v) is 4.85. The summed E-state index contributed by atoms with van der Waals surface area (Å²) in [6.45, 7) is 8.32. The molecule has 6 heteroatoms. The normalized spacial score (nSPS) is 23.3. The number of amidine groups is 1. The summed E-state index contributed by atoms with van der Waals surface area (Å²) in [7, 11) is 0. The Labute approximate surface area is 131 Å². The van der Waals surface area contributed by atoms with Crippen molar-refractivity contribution in [2.75, 3.05) is 25.4 Å². The van der Waals surface area contributed by atoms with Gasteiger partial charge in [-0.2, -0.15) is 0 Å². The van der Waals surface area contributed by atoms with Gasteiger partial charge in [0, 0.05) is 24.9 Å². The summed E-state index contributed by atoms with van der Waals surface area (Å²) in [5.41, 5.74) is 0. The third kappa shape index (κ3) is 5.09. The monoisotopic (exact) mass is 313 g/mol. The van der Waals surface area contributed by atoms with Crippen LogP contribution in [0.3, 0.4) is 0 Å². The molecule has 0 spiro atoms. The molecule has 0 saturated carbocycles. The number of hydrogen-bond donors (Lipinski definition) is 1. The molecule has 2 heterocycles. The molecule has 120 valence electrons. The first kappa shape index (κ1) is 16.5. The molecule has 1 fully saturated rings. The van der Waals surface area contributed by atoms with Gasteiger partial charge in [0.05, 0.1) is 12.6 Å². The van der Waals surface area contributed by atoms with Gasteiger partial charge < -0.3 is 15.0 Å². The van der Waals surface area contributed by atoms with E-state index in [0.29, 0.717) is 24.6 Å². The van der Waals surface area contributed by atoms with Gasteiger partial charge in [-0.15, -0.1) is 0 Å². The summed E-state index contributed by atoms with van der Waals surface area (Å²) < 4.78 is 5.04. The maximum Gasteiger partial charge on any atom is 0.409 e. The average molecular weight is 313 g/mol. The highest BCUT2D eigenvalue weighted by atomic mass is 32.2. The van der Waals surface area contributed by atoms with Crippen LogP contribution in [0.4, 0.5) is 4.79 Å². The van der Waals surface area contributed by atoms with Gasteiger partial charge in [-0.05, 0) is 32.1 Å². The van der Waals surface area contributed by atoms with Crippen LogP contribution in [0.15, 0.2) is 4.99 Å². The smallest absolute Gasteiger partial charge is 0.409 e. The predicted octanol–water partition coefficient (Wildman–Crippen LogP) is 2.71. The predicted molar refractivity (Wildman–Crippen MR) is 87.9 cm³/mol. The van der Waals surface area contributed by atoms with Crippen LogP contribution in [-0.4, -0.2) is 53.7 Å². The summed E-state index contributed by atoms with van der Waals surface area (Å²) in [4.78, 5) is 18.2. The van der Waals surface area contributed by atoms with Gasteiger partial charge in [0.15, 0.2) is 5.17 Å². The Kier molecular flexibility index (Phi) is 6.21. The van der Waals surface area contributed by atoms with E-state index in [2.05, 4.69) is 19.2 Å². The summed E-state index contributed by atoms with van der Waals surface area (Å²) >= 11 is 1.83. The number of carbonyl (C=O) groups excluding carboxylic acids is 1. The van der Waals surface area contributed by atoms with Crippen LogP contribution >= 0.6 is 11.8 Å². The summed E-state index contributed by atoms with van der Waals surface area (Å²) in [6, 6.07) is 0.900. The lowest BCUT2D eigenvalue weighted by Crippen LogP contribution is -2.46. The fourth-order valence-corrected chi connectivity index (χ4v) is 3.79. The second kappa shape index (κ2) is 7.92. The average Bonchev–Trinajstić information content (AvgIpc) is 2.86. The molecule has 0 bridgehead atoms. The standard InChI is InChI=1S/C15H27N3O2S/c1-4-20-15(19)18-7-5-12(6-8-18)16-14-17-13(10-21-14)9-11(2)3/h11-13H,4-10H2,1-3H3,(H,16,17). The first-order valence-corrected chi connectivity index (χ1v) is 8.95. The minimum absolute atomic E-state index is 0.180. The quantitative estimate of drug-likeness (QED) is 0.867. The third-order valence-electron chi connectivity index (χ3n) is 3.80. The molecule has 1 amide bonds. The van der Waals surface area contributed by atoms with E-state index in [4.69, 9.17) is 9.73 Å². The van der Waals surface area contributed by atoms with E-state index in [1.165, 1.54) is 6.42 Å². The second-order valence-electron chi connectivity index (χ2n) is 6.13. The van der Waals surface area contributed by atoms with Crippen LogP contribution in [0.1, 0.15) is 40.0 Å². The maximum absolute atomic E-state index is 11.7. The van der Waals surface area contributed by atoms with Crippen molar-refractivity contribution in [3.8, 4) is 0 Å². The molecule has 1 unspecified atom stereocenters. The van der Waals surface area contributed by atoms with Gasteiger partial charge in [0.2, 0.25) is 0 Å². The first-order valence-electron chi connectivity index (χ1n) is 7.97. The van der Waals surface area contributed by atoms with Crippen molar-refractivity contribution in [3.63, 3.8) is 0 Å². The Balaban J connectivity index is 1.73. The van der Waals surface area contributed by atoms with Crippen LogP contribution in [-0.2, 0) is 4.74 Å². The highest BCUT2D eigenvalue weighted by Gasteiger charge is 2.26. The first-order chi connectivity index (χ1) is 10.1. The Bertz CT molecular complexity index is 379. The maximum atomic E-state index is 11.7. The molecule has 2 aliphatic heterocycles. The van der Waals surface area contributed by atoms with Crippen molar-refractivity contribution in [1.82, 2.24) is 10.2 Å². The van der Waals surface area contributed by atoms with Crippen LogP contribution in [0.2, 0.25) is 0 Å². The number of ether oxygens (including phenoxy) is 1. The molecule has 0 aromatic carbocycles. The molecule has 1 atom stereocenters. The number of thioether (sulfide) groups is 1. The number of hydrogen-bond acceptors (Lipinski definition) is 5. The number of nitrogens with zero attached hydrogens (tertiary/aromatic N) is 2. The SMILES string of the molecule is CCOC(=O)N1CCC(NC2=NC(CC(C)C)CS2)CC1. The van der Waals surface area contributed by atoms with E-state index in [1.807, 2.05) is 18.7 Å². The van der Waals surface area contributed by atoms with Crippen molar-refractivity contribution in [3.05, 3.63) is 0 Å². The van der Waals surface area contributed by atoms with Gasteiger partial charge in [-0.25, -0.2) is 4.79 Å². The zero-order valence-electron chi connectivity index (χ0n) is 13.3. The van der Waals surface area contributed by atoms with Crippen LogP contribution in [0.25, 0.3) is 0 Å².